The van der Waals surface area contributed by atoms with Crippen molar-refractivity contribution in [2.75, 3.05) is 6.54 Å². The van der Waals surface area contributed by atoms with Crippen LogP contribution in [0.25, 0.3) is 10.6 Å². The van der Waals surface area contributed by atoms with Gasteiger partial charge in [-0.25, -0.2) is 0 Å². The Morgan fingerprint density at radius 3 is 2.53 bits per heavy atom. The number of nitrogens with one attached hydrogen (secondary N) is 1. The van der Waals surface area contributed by atoms with Crippen molar-refractivity contribution in [1.82, 2.24) is 15.5 Å². The van der Waals surface area contributed by atoms with Gasteiger partial charge in [0.15, 0.2) is 0 Å². The Balaban J connectivity index is 2.05. The maximum Gasteiger partial charge on any atom is 0.147 e. The van der Waals surface area contributed by atoms with Crippen LogP contribution in [-0.4, -0.2) is 16.7 Å². The quantitative estimate of drug-likeness (QED) is 0.814. The Hall–Kier alpha value is -1.26. The van der Waals surface area contributed by atoms with Crippen LogP contribution in [0.3, 0.4) is 0 Å². The van der Waals surface area contributed by atoms with E-state index in [-0.39, 0.29) is 0 Å². The van der Waals surface area contributed by atoms with Gasteiger partial charge in [-0.3, -0.25) is 0 Å². The first kappa shape index (κ1) is 14.2. The number of nitrogens with zero attached hydrogens (tertiary/aromatic N) is 2. The van der Waals surface area contributed by atoms with Crippen molar-refractivity contribution in [2.45, 2.75) is 39.7 Å². The molecule has 0 aliphatic carbocycles. The van der Waals surface area contributed by atoms with Crippen LogP contribution in [0, 0.1) is 0 Å². The maximum absolute atomic E-state index is 4.27. The molecule has 4 heteroatoms. The average molecular weight is 275 g/mol. The van der Waals surface area contributed by atoms with E-state index < -0.39 is 0 Å². The summed E-state index contributed by atoms with van der Waals surface area (Å²) < 4.78 is 0. The molecule has 2 aromatic rings. The van der Waals surface area contributed by atoms with E-state index in [9.17, 15) is 0 Å². The van der Waals surface area contributed by atoms with Gasteiger partial charge in [-0.1, -0.05) is 56.4 Å². The van der Waals surface area contributed by atoms with Crippen LogP contribution in [0.4, 0.5) is 0 Å². The zero-order chi connectivity index (χ0) is 13.7. The van der Waals surface area contributed by atoms with Crippen LogP contribution in [0.2, 0.25) is 0 Å². The van der Waals surface area contributed by atoms with E-state index in [0.29, 0.717) is 5.92 Å². The van der Waals surface area contributed by atoms with Gasteiger partial charge in [-0.2, -0.15) is 0 Å². The van der Waals surface area contributed by atoms with Crippen molar-refractivity contribution in [1.29, 1.82) is 0 Å². The molecule has 0 saturated heterocycles. The Bertz CT molecular complexity index is 502. The zero-order valence-corrected chi connectivity index (χ0v) is 12.6. The molecule has 1 aromatic carbocycles. The van der Waals surface area contributed by atoms with E-state index in [4.69, 9.17) is 0 Å². The lowest BCUT2D eigenvalue weighted by Gasteiger charge is -2.04. The summed E-state index contributed by atoms with van der Waals surface area (Å²) in [5.41, 5.74) is 2.52. The summed E-state index contributed by atoms with van der Waals surface area (Å²) >= 11 is 1.67. The molecule has 1 aromatic heterocycles. The third-order valence-corrected chi connectivity index (χ3v) is 3.97. The molecule has 0 radical (unpaired) electrons. The molecule has 0 fully saturated rings. The topological polar surface area (TPSA) is 37.8 Å². The molecule has 1 heterocycles. The number of benzene rings is 1. The third-order valence-electron chi connectivity index (χ3n) is 2.99. The minimum atomic E-state index is 0.567. The summed E-state index contributed by atoms with van der Waals surface area (Å²) in [6.45, 7) is 8.41. The van der Waals surface area contributed by atoms with Crippen LogP contribution in [0.1, 0.15) is 43.7 Å². The molecule has 102 valence electrons. The summed E-state index contributed by atoms with van der Waals surface area (Å²) in [5, 5.41) is 13.9. The lowest BCUT2D eigenvalue weighted by atomic mass is 10.0. The first-order valence-corrected chi connectivity index (χ1v) is 7.65. The first-order chi connectivity index (χ1) is 9.20. The minimum Gasteiger partial charge on any atom is -0.310 e. The van der Waals surface area contributed by atoms with Crippen molar-refractivity contribution in [3.63, 3.8) is 0 Å². The number of rotatable bonds is 6. The Kier molecular flexibility index (Phi) is 5.05. The molecule has 0 aliphatic rings. The van der Waals surface area contributed by atoms with Crippen molar-refractivity contribution >= 4 is 11.3 Å². The van der Waals surface area contributed by atoms with E-state index >= 15 is 0 Å². The zero-order valence-electron chi connectivity index (χ0n) is 11.8. The molecular weight excluding hydrogens is 254 g/mol. The van der Waals surface area contributed by atoms with Gasteiger partial charge in [0, 0.05) is 12.1 Å². The van der Waals surface area contributed by atoms with Gasteiger partial charge in [-0.05, 0) is 24.4 Å². The van der Waals surface area contributed by atoms with Gasteiger partial charge in [0.05, 0.1) is 0 Å². The highest BCUT2D eigenvalue weighted by molar-refractivity contribution is 7.14. The number of hydrogen-bond acceptors (Lipinski definition) is 4. The van der Waals surface area contributed by atoms with Gasteiger partial charge in [0.1, 0.15) is 10.0 Å². The van der Waals surface area contributed by atoms with Crippen molar-refractivity contribution in [2.24, 2.45) is 0 Å². The molecule has 3 nitrogen and oxygen atoms in total. The van der Waals surface area contributed by atoms with Crippen LogP contribution in [-0.2, 0) is 6.54 Å². The van der Waals surface area contributed by atoms with Crippen LogP contribution < -0.4 is 5.32 Å². The highest BCUT2D eigenvalue weighted by atomic mass is 32.1. The molecule has 0 atom stereocenters. The number of aromatic nitrogens is 2. The monoisotopic (exact) mass is 275 g/mol. The second-order valence-corrected chi connectivity index (χ2v) is 6.02. The van der Waals surface area contributed by atoms with Crippen molar-refractivity contribution < 1.29 is 0 Å². The Labute approximate surface area is 119 Å². The summed E-state index contributed by atoms with van der Waals surface area (Å²) in [6, 6.07) is 8.63. The molecule has 0 unspecified atom stereocenters. The summed E-state index contributed by atoms with van der Waals surface area (Å²) in [5.74, 6) is 0.567. The fourth-order valence-corrected chi connectivity index (χ4v) is 2.64. The van der Waals surface area contributed by atoms with Gasteiger partial charge in [-0.15, -0.1) is 10.2 Å². The van der Waals surface area contributed by atoms with Gasteiger partial charge >= 0.3 is 0 Å². The van der Waals surface area contributed by atoms with E-state index in [2.05, 4.69) is 60.6 Å². The lowest BCUT2D eigenvalue weighted by Crippen LogP contribution is -2.13. The summed E-state index contributed by atoms with van der Waals surface area (Å²) in [4.78, 5) is 0. The van der Waals surface area contributed by atoms with E-state index in [1.54, 1.807) is 11.3 Å². The fraction of sp³-hybridized carbons (Fsp3) is 0.467. The highest BCUT2D eigenvalue weighted by Crippen LogP contribution is 2.25. The molecule has 0 amide bonds. The molecular formula is C15H21N3S. The van der Waals surface area contributed by atoms with Crippen molar-refractivity contribution in [3.05, 3.63) is 34.8 Å². The predicted molar refractivity (Wildman–Crippen MR) is 81.4 cm³/mol. The van der Waals surface area contributed by atoms with Gasteiger partial charge < -0.3 is 5.32 Å². The predicted octanol–water partition coefficient (Wildman–Crippen LogP) is 3.83. The maximum atomic E-state index is 4.27. The molecule has 0 saturated carbocycles. The molecule has 0 bridgehead atoms. The third kappa shape index (κ3) is 3.85. The smallest absolute Gasteiger partial charge is 0.147 e. The fourth-order valence-electron chi connectivity index (χ4n) is 1.82. The SMILES string of the molecule is CCCNCc1nnc(-c2ccc(C(C)C)cc2)s1. The minimum absolute atomic E-state index is 0.567. The lowest BCUT2D eigenvalue weighted by molar-refractivity contribution is 0.668. The molecule has 19 heavy (non-hydrogen) atoms. The summed E-state index contributed by atoms with van der Waals surface area (Å²) in [6.07, 6.45) is 1.14. The molecule has 1 N–H and O–H groups in total. The Morgan fingerprint density at radius 1 is 1.16 bits per heavy atom. The summed E-state index contributed by atoms with van der Waals surface area (Å²) in [7, 11) is 0. The molecule has 0 spiro atoms. The number of hydrogen-bond donors (Lipinski definition) is 1. The Morgan fingerprint density at radius 2 is 1.89 bits per heavy atom. The van der Waals surface area contributed by atoms with Crippen molar-refractivity contribution in [3.8, 4) is 10.6 Å². The van der Waals surface area contributed by atoms with E-state index in [0.717, 1.165) is 35.1 Å². The second kappa shape index (κ2) is 6.78. The van der Waals surface area contributed by atoms with Crippen LogP contribution >= 0.6 is 11.3 Å². The average Bonchev–Trinajstić information content (AvgIpc) is 2.88. The molecule has 2 rings (SSSR count). The second-order valence-electron chi connectivity index (χ2n) is 4.95. The van der Waals surface area contributed by atoms with Crippen LogP contribution in [0.15, 0.2) is 24.3 Å². The highest BCUT2D eigenvalue weighted by Gasteiger charge is 2.07. The molecule has 0 aliphatic heterocycles. The van der Waals surface area contributed by atoms with E-state index in [1.807, 2.05) is 0 Å². The standard InChI is InChI=1S/C15H21N3S/c1-4-9-16-10-14-17-18-15(19-14)13-7-5-12(6-8-13)11(2)3/h5-8,11,16H,4,9-10H2,1-3H3. The van der Waals surface area contributed by atoms with E-state index in [1.165, 1.54) is 5.56 Å². The van der Waals surface area contributed by atoms with Crippen LogP contribution in [0.5, 0.6) is 0 Å². The van der Waals surface area contributed by atoms with Gasteiger partial charge in [0.2, 0.25) is 0 Å². The first-order valence-electron chi connectivity index (χ1n) is 6.84. The normalized spacial score (nSPS) is 11.2. The largest absolute Gasteiger partial charge is 0.310 e. The van der Waals surface area contributed by atoms with Gasteiger partial charge in [0.25, 0.3) is 0 Å².